The Morgan fingerprint density at radius 1 is 1.50 bits per heavy atom. The molecule has 0 spiro atoms. The Labute approximate surface area is 71.8 Å². The van der Waals surface area contributed by atoms with Crippen LogP contribution in [0.25, 0.3) is 0 Å². The van der Waals surface area contributed by atoms with Crippen molar-refractivity contribution < 1.29 is 14.3 Å². The number of ether oxygens (including phenoxy) is 1. The van der Waals surface area contributed by atoms with Gasteiger partial charge in [-0.25, -0.2) is 9.69 Å². The number of hydrogen-bond donors (Lipinski definition) is 0. The Balaban J connectivity index is 4.23. The molecule has 0 saturated heterocycles. The second kappa shape index (κ2) is 5.35. The smallest absolute Gasteiger partial charge is 0.416 e. The van der Waals surface area contributed by atoms with Gasteiger partial charge in [-0.15, -0.1) is 0 Å². The summed E-state index contributed by atoms with van der Waals surface area (Å²) in [5.74, 6) is -0.434. The van der Waals surface area contributed by atoms with Crippen LogP contribution in [-0.2, 0) is 9.53 Å². The van der Waals surface area contributed by atoms with Crippen LogP contribution in [0.15, 0.2) is 12.7 Å². The van der Waals surface area contributed by atoms with Gasteiger partial charge < -0.3 is 4.74 Å². The van der Waals surface area contributed by atoms with Gasteiger partial charge in [0.25, 0.3) is 5.91 Å². The number of likely N-dealkylation sites (N-methyl/N-ethyl adjacent to an activating group) is 1. The molecule has 0 aliphatic rings. The molecular weight excluding hydrogens is 158 g/mol. The molecular formula is C8H13NO3. The average molecular weight is 171 g/mol. The third-order valence-electron chi connectivity index (χ3n) is 1.25. The summed E-state index contributed by atoms with van der Waals surface area (Å²) in [7, 11) is 0. The van der Waals surface area contributed by atoms with E-state index in [4.69, 9.17) is 0 Å². The molecule has 0 bridgehead atoms. The zero-order valence-electron chi connectivity index (χ0n) is 7.37. The molecule has 0 aliphatic carbocycles. The molecule has 0 aromatic carbocycles. The molecule has 68 valence electrons. The maximum Gasteiger partial charge on any atom is 0.416 e. The lowest BCUT2D eigenvalue weighted by Crippen LogP contribution is -2.35. The average Bonchev–Trinajstić information content (AvgIpc) is 2.06. The fraction of sp³-hybridized carbons (Fsp3) is 0.500. The number of amides is 2. The van der Waals surface area contributed by atoms with E-state index < -0.39 is 12.0 Å². The second-order valence-electron chi connectivity index (χ2n) is 1.99. The molecule has 4 heteroatoms. The van der Waals surface area contributed by atoms with Crippen LogP contribution in [0.5, 0.6) is 0 Å². The first-order valence-corrected chi connectivity index (χ1v) is 3.78. The summed E-state index contributed by atoms with van der Waals surface area (Å²) in [6.45, 7) is 7.21. The van der Waals surface area contributed by atoms with Gasteiger partial charge in [0.2, 0.25) is 0 Å². The topological polar surface area (TPSA) is 46.6 Å². The predicted molar refractivity (Wildman–Crippen MR) is 44.6 cm³/mol. The largest absolute Gasteiger partial charge is 0.449 e. The molecule has 0 aromatic heterocycles. The summed E-state index contributed by atoms with van der Waals surface area (Å²) >= 11 is 0. The first-order valence-electron chi connectivity index (χ1n) is 3.78. The summed E-state index contributed by atoms with van der Waals surface area (Å²) in [6, 6.07) is 0. The van der Waals surface area contributed by atoms with E-state index in [1.807, 2.05) is 0 Å². The van der Waals surface area contributed by atoms with Gasteiger partial charge in [-0.05, 0) is 19.9 Å². The van der Waals surface area contributed by atoms with E-state index in [0.717, 1.165) is 11.0 Å². The Bertz CT molecular complexity index is 189. The lowest BCUT2D eigenvalue weighted by atomic mass is 10.5. The second-order valence-corrected chi connectivity index (χ2v) is 1.99. The number of carbonyl (C=O) groups excluding carboxylic acids is 2. The van der Waals surface area contributed by atoms with Crippen molar-refractivity contribution in [1.82, 2.24) is 4.90 Å². The van der Waals surface area contributed by atoms with E-state index in [1.165, 1.54) is 0 Å². The van der Waals surface area contributed by atoms with E-state index >= 15 is 0 Å². The molecule has 0 aromatic rings. The number of imide groups is 1. The minimum absolute atomic E-state index is 0.264. The number of hydrogen-bond acceptors (Lipinski definition) is 3. The van der Waals surface area contributed by atoms with Gasteiger partial charge in [0.15, 0.2) is 0 Å². The van der Waals surface area contributed by atoms with Gasteiger partial charge in [0.05, 0.1) is 6.61 Å². The SMILES string of the molecule is C=CC(=O)N(CC)C(=O)OCC. The van der Waals surface area contributed by atoms with E-state index in [-0.39, 0.29) is 6.61 Å². The Morgan fingerprint density at radius 2 is 2.08 bits per heavy atom. The van der Waals surface area contributed by atoms with E-state index in [9.17, 15) is 9.59 Å². The van der Waals surface area contributed by atoms with Crippen LogP contribution in [0, 0.1) is 0 Å². The van der Waals surface area contributed by atoms with Crippen molar-refractivity contribution in [2.24, 2.45) is 0 Å². The van der Waals surface area contributed by atoms with Crippen molar-refractivity contribution in [3.05, 3.63) is 12.7 Å². The number of carbonyl (C=O) groups is 2. The van der Waals surface area contributed by atoms with Gasteiger partial charge in [-0.1, -0.05) is 6.58 Å². The zero-order valence-corrected chi connectivity index (χ0v) is 7.37. The summed E-state index contributed by atoms with van der Waals surface area (Å²) < 4.78 is 4.64. The van der Waals surface area contributed by atoms with Crippen LogP contribution in [0.4, 0.5) is 4.79 Å². The van der Waals surface area contributed by atoms with Gasteiger partial charge in [-0.2, -0.15) is 0 Å². The highest BCUT2D eigenvalue weighted by Gasteiger charge is 2.17. The highest BCUT2D eigenvalue weighted by atomic mass is 16.6. The highest BCUT2D eigenvalue weighted by molar-refractivity contribution is 5.98. The molecule has 0 aliphatic heterocycles. The quantitative estimate of drug-likeness (QED) is 0.599. The number of nitrogens with zero attached hydrogens (tertiary/aromatic N) is 1. The molecule has 0 unspecified atom stereocenters. The minimum Gasteiger partial charge on any atom is -0.449 e. The molecule has 12 heavy (non-hydrogen) atoms. The molecule has 4 nitrogen and oxygen atoms in total. The molecule has 0 atom stereocenters. The van der Waals surface area contributed by atoms with Crippen LogP contribution in [0.1, 0.15) is 13.8 Å². The molecule has 0 radical (unpaired) electrons. The zero-order chi connectivity index (χ0) is 9.56. The molecule has 0 heterocycles. The minimum atomic E-state index is -0.620. The first kappa shape index (κ1) is 10.7. The lowest BCUT2D eigenvalue weighted by molar-refractivity contribution is -0.124. The normalized spacial score (nSPS) is 8.83. The maximum absolute atomic E-state index is 11.0. The highest BCUT2D eigenvalue weighted by Crippen LogP contribution is 1.95. The van der Waals surface area contributed by atoms with Gasteiger partial charge in [-0.3, -0.25) is 4.79 Å². The summed E-state index contributed by atoms with van der Waals surface area (Å²) in [5, 5.41) is 0. The standard InChI is InChI=1S/C8H13NO3/c1-4-7(10)9(5-2)8(11)12-6-3/h4H,1,5-6H2,2-3H3. The van der Waals surface area contributed by atoms with Crippen LogP contribution in [0.3, 0.4) is 0 Å². The summed E-state index contributed by atoms with van der Waals surface area (Å²) in [4.78, 5) is 23.0. The molecule has 0 rings (SSSR count). The van der Waals surface area contributed by atoms with E-state index in [1.54, 1.807) is 13.8 Å². The van der Waals surface area contributed by atoms with Gasteiger partial charge in [0, 0.05) is 6.54 Å². The van der Waals surface area contributed by atoms with Crippen molar-refractivity contribution >= 4 is 12.0 Å². The van der Waals surface area contributed by atoms with Crippen molar-refractivity contribution in [3.8, 4) is 0 Å². The lowest BCUT2D eigenvalue weighted by Gasteiger charge is -2.15. The Hall–Kier alpha value is -1.32. The van der Waals surface area contributed by atoms with Crippen LogP contribution in [-0.4, -0.2) is 30.1 Å². The third-order valence-corrected chi connectivity index (χ3v) is 1.25. The summed E-state index contributed by atoms with van der Waals surface area (Å²) in [6.07, 6.45) is 0.463. The molecule has 0 saturated carbocycles. The van der Waals surface area contributed by atoms with Crippen LogP contribution < -0.4 is 0 Å². The van der Waals surface area contributed by atoms with Crippen molar-refractivity contribution in [2.75, 3.05) is 13.2 Å². The molecule has 2 amide bonds. The third kappa shape index (κ3) is 2.74. The molecule has 0 fully saturated rings. The van der Waals surface area contributed by atoms with Crippen LogP contribution in [0.2, 0.25) is 0 Å². The first-order chi connectivity index (χ1) is 5.67. The fourth-order valence-corrected chi connectivity index (χ4v) is 0.686. The fourth-order valence-electron chi connectivity index (χ4n) is 0.686. The van der Waals surface area contributed by atoms with Crippen LogP contribution >= 0.6 is 0 Å². The van der Waals surface area contributed by atoms with Gasteiger partial charge in [0.1, 0.15) is 0 Å². The monoisotopic (exact) mass is 171 g/mol. The Morgan fingerprint density at radius 3 is 2.42 bits per heavy atom. The summed E-state index contributed by atoms with van der Waals surface area (Å²) in [5.41, 5.74) is 0. The predicted octanol–water partition coefficient (Wildman–Crippen LogP) is 1.18. The Kier molecular flexibility index (Phi) is 4.76. The van der Waals surface area contributed by atoms with Crippen molar-refractivity contribution in [2.45, 2.75) is 13.8 Å². The van der Waals surface area contributed by atoms with E-state index in [2.05, 4.69) is 11.3 Å². The van der Waals surface area contributed by atoms with Gasteiger partial charge >= 0.3 is 6.09 Å². The number of rotatable bonds is 3. The molecule has 0 N–H and O–H groups in total. The maximum atomic E-state index is 11.0. The van der Waals surface area contributed by atoms with E-state index in [0.29, 0.717) is 6.54 Å². The van der Waals surface area contributed by atoms with Crippen molar-refractivity contribution in [3.63, 3.8) is 0 Å². The van der Waals surface area contributed by atoms with Crippen molar-refractivity contribution in [1.29, 1.82) is 0 Å².